The maximum atomic E-state index is 5.66. The van der Waals surface area contributed by atoms with Crippen molar-refractivity contribution in [3.05, 3.63) is 38.6 Å². The fraction of sp³-hybridized carbons (Fsp3) is 0.333. The molecular weight excluding hydrogens is 395 g/mol. The molecule has 2 rings (SSSR count). The SMILES string of the molecule is S=c1[nH]nc(CSCCCOc2cccc(I)c2)o1. The summed E-state index contributed by atoms with van der Waals surface area (Å²) in [4.78, 5) is 0.331. The Bertz CT molecular complexity index is 571. The molecule has 0 radical (unpaired) electrons. The van der Waals surface area contributed by atoms with E-state index in [1.165, 1.54) is 3.57 Å². The molecule has 7 heteroatoms. The van der Waals surface area contributed by atoms with Crippen LogP contribution in [0.2, 0.25) is 0 Å². The largest absolute Gasteiger partial charge is 0.494 e. The highest BCUT2D eigenvalue weighted by Crippen LogP contribution is 2.16. The Kier molecular flexibility index (Phi) is 6.18. The Morgan fingerprint density at radius 3 is 3.11 bits per heavy atom. The molecule has 4 nitrogen and oxygen atoms in total. The van der Waals surface area contributed by atoms with Gasteiger partial charge >= 0.3 is 0 Å². The summed E-state index contributed by atoms with van der Waals surface area (Å²) in [5.41, 5.74) is 0. The van der Waals surface area contributed by atoms with Gasteiger partial charge < -0.3 is 9.15 Å². The van der Waals surface area contributed by atoms with E-state index in [0.717, 1.165) is 30.3 Å². The van der Waals surface area contributed by atoms with Crippen molar-refractivity contribution >= 4 is 46.6 Å². The third-order valence-electron chi connectivity index (χ3n) is 2.21. The molecule has 0 aliphatic carbocycles. The lowest BCUT2D eigenvalue weighted by atomic mass is 10.3. The van der Waals surface area contributed by atoms with Crippen molar-refractivity contribution in [2.75, 3.05) is 12.4 Å². The van der Waals surface area contributed by atoms with Crippen LogP contribution in [0.15, 0.2) is 28.7 Å². The first kappa shape index (κ1) is 14.9. The fourth-order valence-electron chi connectivity index (χ4n) is 1.39. The quantitative estimate of drug-likeness (QED) is 0.426. The van der Waals surface area contributed by atoms with Crippen molar-refractivity contribution in [3.8, 4) is 5.75 Å². The lowest BCUT2D eigenvalue weighted by Crippen LogP contribution is -1.99. The molecule has 1 aromatic heterocycles. The molecule has 1 heterocycles. The summed E-state index contributed by atoms with van der Waals surface area (Å²) in [6.45, 7) is 0.719. The van der Waals surface area contributed by atoms with E-state index < -0.39 is 0 Å². The van der Waals surface area contributed by atoms with Gasteiger partial charge in [-0.2, -0.15) is 11.8 Å². The molecule has 0 bridgehead atoms. The Hall–Kier alpha value is -0.540. The molecule has 0 aliphatic heterocycles. The zero-order chi connectivity index (χ0) is 13.5. The molecule has 0 saturated heterocycles. The van der Waals surface area contributed by atoms with Crippen LogP contribution < -0.4 is 4.74 Å². The number of nitrogens with zero attached hydrogens (tertiary/aromatic N) is 1. The van der Waals surface area contributed by atoms with Crippen LogP contribution in [0, 0.1) is 8.41 Å². The van der Waals surface area contributed by atoms with Crippen molar-refractivity contribution in [2.24, 2.45) is 0 Å². The van der Waals surface area contributed by atoms with Crippen LogP contribution in [0.3, 0.4) is 0 Å². The predicted octanol–water partition coefficient (Wildman–Crippen LogP) is 4.04. The minimum atomic E-state index is 0.331. The summed E-state index contributed by atoms with van der Waals surface area (Å²) in [7, 11) is 0. The van der Waals surface area contributed by atoms with Gasteiger partial charge in [0.15, 0.2) is 0 Å². The van der Waals surface area contributed by atoms with Gasteiger partial charge in [-0.25, -0.2) is 5.10 Å². The number of ether oxygens (including phenoxy) is 1. The van der Waals surface area contributed by atoms with E-state index in [1.54, 1.807) is 11.8 Å². The highest BCUT2D eigenvalue weighted by molar-refractivity contribution is 14.1. The summed E-state index contributed by atoms with van der Waals surface area (Å²) in [6.07, 6.45) is 0.987. The van der Waals surface area contributed by atoms with Gasteiger partial charge in [0.05, 0.1) is 12.4 Å². The summed E-state index contributed by atoms with van der Waals surface area (Å²) >= 11 is 8.83. The molecule has 0 saturated carbocycles. The fourth-order valence-corrected chi connectivity index (χ4v) is 2.81. The first-order valence-electron chi connectivity index (χ1n) is 5.74. The van der Waals surface area contributed by atoms with E-state index in [0.29, 0.717) is 10.7 Å². The van der Waals surface area contributed by atoms with Gasteiger partial charge in [-0.15, -0.1) is 5.10 Å². The van der Waals surface area contributed by atoms with Gasteiger partial charge in [0.1, 0.15) is 5.75 Å². The van der Waals surface area contributed by atoms with E-state index in [4.69, 9.17) is 21.4 Å². The average Bonchev–Trinajstić information content (AvgIpc) is 2.79. The van der Waals surface area contributed by atoms with Crippen molar-refractivity contribution in [1.29, 1.82) is 0 Å². The third kappa shape index (κ3) is 5.53. The lowest BCUT2D eigenvalue weighted by Gasteiger charge is -2.05. The Balaban J connectivity index is 1.58. The summed E-state index contributed by atoms with van der Waals surface area (Å²) in [5.74, 6) is 3.30. The maximum absolute atomic E-state index is 5.66. The first-order valence-corrected chi connectivity index (χ1v) is 8.39. The molecule has 0 spiro atoms. The van der Waals surface area contributed by atoms with Crippen molar-refractivity contribution in [2.45, 2.75) is 12.2 Å². The number of nitrogens with one attached hydrogen (secondary N) is 1. The average molecular weight is 408 g/mol. The summed E-state index contributed by atoms with van der Waals surface area (Å²) in [6, 6.07) is 8.05. The van der Waals surface area contributed by atoms with Gasteiger partial charge in [0, 0.05) is 3.57 Å². The second kappa shape index (κ2) is 7.91. The van der Waals surface area contributed by atoms with Crippen LogP contribution in [0.5, 0.6) is 5.75 Å². The maximum Gasteiger partial charge on any atom is 0.284 e. The van der Waals surface area contributed by atoms with Crippen LogP contribution in [-0.4, -0.2) is 22.6 Å². The minimum absolute atomic E-state index is 0.331. The zero-order valence-corrected chi connectivity index (χ0v) is 13.9. The van der Waals surface area contributed by atoms with E-state index in [-0.39, 0.29) is 0 Å². The van der Waals surface area contributed by atoms with E-state index >= 15 is 0 Å². The molecule has 0 amide bonds. The number of aromatic nitrogens is 2. The van der Waals surface area contributed by atoms with Gasteiger partial charge in [0.2, 0.25) is 5.89 Å². The molecule has 1 aromatic carbocycles. The Labute approximate surface area is 134 Å². The Morgan fingerprint density at radius 2 is 2.37 bits per heavy atom. The van der Waals surface area contributed by atoms with E-state index in [2.05, 4.69) is 32.8 Å². The third-order valence-corrected chi connectivity index (χ3v) is 4.08. The second-order valence-electron chi connectivity index (χ2n) is 3.72. The van der Waals surface area contributed by atoms with Crippen LogP contribution >= 0.6 is 46.6 Å². The first-order chi connectivity index (χ1) is 9.24. The molecular formula is C12H13IN2O2S2. The van der Waals surface area contributed by atoms with Crippen LogP contribution in [0.1, 0.15) is 12.3 Å². The van der Waals surface area contributed by atoms with Crippen LogP contribution in [0.25, 0.3) is 0 Å². The van der Waals surface area contributed by atoms with Crippen molar-refractivity contribution < 1.29 is 9.15 Å². The second-order valence-corrected chi connectivity index (χ2v) is 6.44. The van der Waals surface area contributed by atoms with Gasteiger partial charge in [-0.05, 0) is 65.2 Å². The summed E-state index contributed by atoms with van der Waals surface area (Å²) < 4.78 is 12.0. The van der Waals surface area contributed by atoms with Gasteiger partial charge in [0.25, 0.3) is 4.84 Å². The number of hydrogen-bond acceptors (Lipinski definition) is 5. The smallest absolute Gasteiger partial charge is 0.284 e. The standard InChI is InChI=1S/C12H13IN2O2S2/c13-9-3-1-4-10(7-9)16-5-2-6-19-8-11-14-15-12(18)17-11/h1,3-4,7H,2,5-6,8H2,(H,15,18). The molecule has 0 atom stereocenters. The van der Waals surface area contributed by atoms with Crippen LogP contribution in [-0.2, 0) is 5.75 Å². The number of benzene rings is 1. The molecule has 19 heavy (non-hydrogen) atoms. The number of halogens is 1. The molecule has 0 aliphatic rings. The number of rotatable bonds is 7. The number of thioether (sulfide) groups is 1. The van der Waals surface area contributed by atoms with Gasteiger partial charge in [-0.1, -0.05) is 6.07 Å². The molecule has 0 unspecified atom stereocenters. The number of H-pyrrole nitrogens is 1. The highest BCUT2D eigenvalue weighted by atomic mass is 127. The molecule has 102 valence electrons. The molecule has 2 aromatic rings. The summed E-state index contributed by atoms with van der Waals surface area (Å²) in [5, 5.41) is 6.55. The van der Waals surface area contributed by atoms with Crippen molar-refractivity contribution in [3.63, 3.8) is 0 Å². The number of hydrogen-bond donors (Lipinski definition) is 1. The Morgan fingerprint density at radius 1 is 1.47 bits per heavy atom. The van der Waals surface area contributed by atoms with E-state index in [1.807, 2.05) is 24.3 Å². The highest BCUT2D eigenvalue weighted by Gasteiger charge is 2.00. The zero-order valence-electron chi connectivity index (χ0n) is 10.1. The normalized spacial score (nSPS) is 10.6. The monoisotopic (exact) mass is 408 g/mol. The van der Waals surface area contributed by atoms with Crippen LogP contribution in [0.4, 0.5) is 0 Å². The molecule has 1 N–H and O–H groups in total. The van der Waals surface area contributed by atoms with E-state index in [9.17, 15) is 0 Å². The topological polar surface area (TPSA) is 51.0 Å². The minimum Gasteiger partial charge on any atom is -0.494 e. The molecule has 0 fully saturated rings. The number of aromatic amines is 1. The lowest BCUT2D eigenvalue weighted by molar-refractivity contribution is 0.318. The van der Waals surface area contributed by atoms with Crippen molar-refractivity contribution in [1.82, 2.24) is 10.2 Å². The van der Waals surface area contributed by atoms with Gasteiger partial charge in [-0.3, -0.25) is 0 Å². The predicted molar refractivity (Wildman–Crippen MR) is 87.1 cm³/mol.